The first-order chi connectivity index (χ1) is 9.16. The second-order valence-corrected chi connectivity index (χ2v) is 5.46. The molecule has 1 fully saturated rings. The van der Waals surface area contributed by atoms with E-state index in [1.807, 2.05) is 6.07 Å². The highest BCUT2D eigenvalue weighted by atomic mass is 16.3. The van der Waals surface area contributed by atoms with E-state index in [-0.39, 0.29) is 5.55 Å². The third-order valence-electron chi connectivity index (χ3n) is 4.05. The highest BCUT2D eigenvalue weighted by Gasteiger charge is 2.25. The van der Waals surface area contributed by atoms with Gasteiger partial charge in [0.05, 0.1) is 0 Å². The van der Waals surface area contributed by atoms with Crippen LogP contribution in [0.5, 0.6) is 0 Å². The molecular weight excluding hydrogens is 236 g/mol. The molecule has 2 aliphatic heterocycles. The lowest BCUT2D eigenvalue weighted by molar-refractivity contribution is 0.305. The van der Waals surface area contributed by atoms with Crippen molar-refractivity contribution in [2.45, 2.75) is 32.6 Å². The molecule has 1 aromatic rings. The minimum Gasteiger partial charge on any atom is -0.439 e. The van der Waals surface area contributed by atoms with E-state index in [1.54, 1.807) is 6.07 Å². The summed E-state index contributed by atoms with van der Waals surface area (Å²) in [6.07, 6.45) is 4.60. The summed E-state index contributed by atoms with van der Waals surface area (Å²) >= 11 is 0. The molecule has 2 aliphatic rings. The van der Waals surface area contributed by atoms with Gasteiger partial charge in [0.25, 0.3) is 0 Å². The maximum atomic E-state index is 7.70. The summed E-state index contributed by atoms with van der Waals surface area (Å²) in [6.45, 7) is 8.57. The maximum Gasteiger partial charge on any atom is 0.211 e. The molecule has 1 saturated heterocycles. The van der Waals surface area contributed by atoms with Crippen molar-refractivity contribution in [2.75, 3.05) is 13.1 Å². The summed E-state index contributed by atoms with van der Waals surface area (Å²) in [7, 11) is 0. The Hall–Kier alpha value is -1.77. The summed E-state index contributed by atoms with van der Waals surface area (Å²) in [5, 5.41) is 8.58. The van der Waals surface area contributed by atoms with Crippen molar-refractivity contribution in [2.24, 2.45) is 0 Å². The minimum atomic E-state index is 0.209. The number of fused-ring (bicyclic) bond motifs is 1. The average Bonchev–Trinajstić information content (AvgIpc) is 2.41. The summed E-state index contributed by atoms with van der Waals surface area (Å²) in [4.78, 5) is 2.48. The molecule has 0 spiro atoms. The Morgan fingerprint density at radius 2 is 1.95 bits per heavy atom. The Bertz CT molecular complexity index is 696. The van der Waals surface area contributed by atoms with Crippen LogP contribution in [0.3, 0.4) is 0 Å². The van der Waals surface area contributed by atoms with E-state index < -0.39 is 0 Å². The van der Waals surface area contributed by atoms with E-state index in [0.29, 0.717) is 0 Å². The summed E-state index contributed by atoms with van der Waals surface area (Å²) < 4.78 is 5.65. The highest BCUT2D eigenvalue weighted by Crippen LogP contribution is 2.33. The molecule has 0 saturated carbocycles. The summed E-state index contributed by atoms with van der Waals surface area (Å²) in [6, 6.07) is 3.54. The van der Waals surface area contributed by atoms with Gasteiger partial charge in [0.15, 0.2) is 0 Å². The van der Waals surface area contributed by atoms with Crippen molar-refractivity contribution in [3.63, 3.8) is 0 Å². The number of rotatable bonds is 0. The molecule has 3 heterocycles. The lowest BCUT2D eigenvalue weighted by Gasteiger charge is -2.38. The van der Waals surface area contributed by atoms with Crippen LogP contribution in [0.1, 0.15) is 32.6 Å². The number of allylic oxidation sites excluding steroid dienone is 2. The van der Waals surface area contributed by atoms with Crippen molar-refractivity contribution in [3.8, 4) is 0 Å². The Morgan fingerprint density at radius 3 is 2.74 bits per heavy atom. The molecule has 1 aromatic heterocycles. The van der Waals surface area contributed by atoms with Crippen LogP contribution in [0.15, 0.2) is 27.8 Å². The van der Waals surface area contributed by atoms with Crippen LogP contribution in [0.25, 0.3) is 12.2 Å². The van der Waals surface area contributed by atoms with Gasteiger partial charge >= 0.3 is 0 Å². The van der Waals surface area contributed by atoms with Crippen molar-refractivity contribution in [1.29, 1.82) is 5.41 Å². The van der Waals surface area contributed by atoms with Gasteiger partial charge in [-0.3, -0.25) is 5.41 Å². The molecule has 0 aliphatic carbocycles. The van der Waals surface area contributed by atoms with Gasteiger partial charge in [-0.05, 0) is 44.2 Å². The molecule has 0 atom stereocenters. The monoisotopic (exact) mass is 256 g/mol. The third kappa shape index (κ3) is 2.14. The number of nitrogens with zero attached hydrogens (tertiary/aromatic N) is 1. The quantitative estimate of drug-likeness (QED) is 0.764. The standard InChI is InChI=1S/C16H20N2O/c1-11-5-3-9-18-10-4-6-13(15(11)18)16-12(2)7-8-14(17)19-16/h7-8,17H,2-6,9-10H2,1H3/b16-13+,17-14?. The second-order valence-electron chi connectivity index (χ2n) is 5.46. The van der Waals surface area contributed by atoms with Gasteiger partial charge in [-0.2, -0.15) is 0 Å². The van der Waals surface area contributed by atoms with Crippen molar-refractivity contribution >= 4 is 12.2 Å². The van der Waals surface area contributed by atoms with Gasteiger partial charge in [0.1, 0.15) is 5.42 Å². The molecule has 3 nitrogen and oxygen atoms in total. The number of piperidine rings is 1. The molecule has 0 aromatic carbocycles. The highest BCUT2D eigenvalue weighted by molar-refractivity contribution is 5.64. The fourth-order valence-corrected chi connectivity index (χ4v) is 3.21. The molecular formula is C16H20N2O. The predicted molar refractivity (Wildman–Crippen MR) is 75.5 cm³/mol. The zero-order chi connectivity index (χ0) is 13.4. The van der Waals surface area contributed by atoms with Crippen LogP contribution in [0, 0.1) is 5.41 Å². The van der Waals surface area contributed by atoms with E-state index in [0.717, 1.165) is 36.6 Å². The largest absolute Gasteiger partial charge is 0.439 e. The number of hydrogen-bond acceptors (Lipinski definition) is 3. The van der Waals surface area contributed by atoms with Crippen molar-refractivity contribution in [1.82, 2.24) is 4.90 Å². The zero-order valence-electron chi connectivity index (χ0n) is 11.5. The number of hydrogen-bond donors (Lipinski definition) is 1. The first kappa shape index (κ1) is 12.3. The first-order valence-electron chi connectivity index (χ1n) is 6.99. The van der Waals surface area contributed by atoms with Crippen LogP contribution < -0.4 is 16.2 Å². The van der Waals surface area contributed by atoms with Crippen LogP contribution in [0.2, 0.25) is 0 Å². The van der Waals surface area contributed by atoms with E-state index in [1.165, 1.54) is 29.7 Å². The molecule has 0 bridgehead atoms. The molecule has 3 rings (SSSR count). The zero-order valence-corrected chi connectivity index (χ0v) is 11.5. The van der Waals surface area contributed by atoms with Gasteiger partial charge in [0.2, 0.25) is 5.55 Å². The summed E-state index contributed by atoms with van der Waals surface area (Å²) in [5.41, 5.74) is 5.08. The van der Waals surface area contributed by atoms with E-state index >= 15 is 0 Å². The normalized spacial score (nSPS) is 22.5. The summed E-state index contributed by atoms with van der Waals surface area (Å²) in [5.74, 6) is 0. The van der Waals surface area contributed by atoms with Crippen LogP contribution in [-0.4, -0.2) is 18.0 Å². The minimum absolute atomic E-state index is 0.209. The van der Waals surface area contributed by atoms with Gasteiger partial charge in [-0.1, -0.05) is 6.58 Å². The van der Waals surface area contributed by atoms with Crippen LogP contribution in [0.4, 0.5) is 0 Å². The predicted octanol–water partition coefficient (Wildman–Crippen LogP) is 1.48. The molecule has 0 amide bonds. The maximum absolute atomic E-state index is 7.70. The topological polar surface area (TPSA) is 40.2 Å². The molecule has 3 heteroatoms. The molecule has 1 N–H and O–H groups in total. The first-order valence-corrected chi connectivity index (χ1v) is 6.99. The molecule has 0 radical (unpaired) electrons. The smallest absolute Gasteiger partial charge is 0.211 e. The Labute approximate surface area is 113 Å². The van der Waals surface area contributed by atoms with E-state index in [9.17, 15) is 0 Å². The average molecular weight is 256 g/mol. The van der Waals surface area contributed by atoms with Gasteiger partial charge in [-0.25, -0.2) is 0 Å². The lowest BCUT2D eigenvalue weighted by Crippen LogP contribution is -2.39. The van der Waals surface area contributed by atoms with E-state index in [2.05, 4.69) is 18.4 Å². The van der Waals surface area contributed by atoms with Gasteiger partial charge in [-0.15, -0.1) is 0 Å². The van der Waals surface area contributed by atoms with Gasteiger partial charge < -0.3 is 9.32 Å². The SMILES string of the molecule is C=c1ccc(=N)o/c1=C1\CCCN2CCCC(C)=C12. The fourth-order valence-electron chi connectivity index (χ4n) is 3.21. The van der Waals surface area contributed by atoms with Crippen molar-refractivity contribution in [3.05, 3.63) is 39.6 Å². The molecule has 19 heavy (non-hydrogen) atoms. The van der Waals surface area contributed by atoms with Crippen LogP contribution in [-0.2, 0) is 0 Å². The molecule has 0 unspecified atom stereocenters. The van der Waals surface area contributed by atoms with Gasteiger partial charge in [0, 0.05) is 35.6 Å². The van der Waals surface area contributed by atoms with Crippen molar-refractivity contribution < 1.29 is 4.42 Å². The Kier molecular flexibility index (Phi) is 3.05. The third-order valence-corrected chi connectivity index (χ3v) is 4.05. The fraction of sp³-hybridized carbons (Fsp3) is 0.438. The lowest BCUT2D eigenvalue weighted by atomic mass is 9.91. The Morgan fingerprint density at radius 1 is 1.21 bits per heavy atom. The molecule has 100 valence electrons. The Balaban J connectivity index is 2.31. The van der Waals surface area contributed by atoms with E-state index in [4.69, 9.17) is 9.83 Å². The second kappa shape index (κ2) is 4.72. The van der Waals surface area contributed by atoms with Crippen LogP contribution >= 0.6 is 0 Å². The number of nitrogens with one attached hydrogen (secondary N) is 1.